The summed E-state index contributed by atoms with van der Waals surface area (Å²) in [6.07, 6.45) is -0.0982. The third kappa shape index (κ3) is 3.43. The predicted molar refractivity (Wildman–Crippen MR) is 64.2 cm³/mol. The maximum absolute atomic E-state index is 11.8. The molecule has 19 heavy (non-hydrogen) atoms. The number of rotatable bonds is 5. The molecule has 0 aromatic carbocycles. The molecule has 1 fully saturated rings. The van der Waals surface area contributed by atoms with Crippen molar-refractivity contribution in [2.45, 2.75) is 25.8 Å². The molecule has 0 aromatic heterocycles. The average Bonchev–Trinajstić information content (AvgIpc) is 2.45. The minimum atomic E-state index is -1.12. The van der Waals surface area contributed by atoms with Crippen LogP contribution in [-0.4, -0.2) is 64.4 Å². The van der Waals surface area contributed by atoms with E-state index in [1.165, 1.54) is 7.05 Å². The first-order valence-electron chi connectivity index (χ1n) is 5.75. The van der Waals surface area contributed by atoms with Crippen LogP contribution in [0.1, 0.15) is 20.3 Å². The smallest absolute Gasteiger partial charge is 0.325 e. The van der Waals surface area contributed by atoms with Gasteiger partial charge in [0.05, 0.1) is 0 Å². The lowest BCUT2D eigenvalue weighted by Crippen LogP contribution is -2.41. The fourth-order valence-corrected chi connectivity index (χ4v) is 1.71. The molecular formula is C11H17N3O5. The molecule has 106 valence electrons. The van der Waals surface area contributed by atoms with Crippen molar-refractivity contribution in [3.8, 4) is 0 Å². The third-order valence-corrected chi connectivity index (χ3v) is 2.79. The minimum Gasteiger partial charge on any atom is -0.480 e. The quantitative estimate of drug-likeness (QED) is 0.640. The van der Waals surface area contributed by atoms with Gasteiger partial charge in [-0.3, -0.25) is 19.3 Å². The lowest BCUT2D eigenvalue weighted by molar-refractivity contribution is -0.143. The maximum atomic E-state index is 11.8. The molecule has 0 unspecified atom stereocenters. The molecule has 0 aromatic rings. The Bertz CT molecular complexity index is 432. The van der Waals surface area contributed by atoms with Crippen molar-refractivity contribution < 1.29 is 24.3 Å². The molecule has 8 nitrogen and oxygen atoms in total. The van der Waals surface area contributed by atoms with Gasteiger partial charge in [-0.15, -0.1) is 0 Å². The lowest BCUT2D eigenvalue weighted by Gasteiger charge is -2.18. The number of urea groups is 1. The second-order valence-electron chi connectivity index (χ2n) is 4.91. The Kier molecular flexibility index (Phi) is 4.13. The van der Waals surface area contributed by atoms with Gasteiger partial charge in [0.1, 0.15) is 12.1 Å². The van der Waals surface area contributed by atoms with Crippen LogP contribution >= 0.6 is 0 Å². The van der Waals surface area contributed by atoms with Crippen molar-refractivity contribution in [2.24, 2.45) is 0 Å². The summed E-state index contributed by atoms with van der Waals surface area (Å²) in [5.74, 6) is -1.95. The molecule has 4 amide bonds. The van der Waals surface area contributed by atoms with Crippen LogP contribution in [0.5, 0.6) is 0 Å². The first-order valence-corrected chi connectivity index (χ1v) is 5.75. The highest BCUT2D eigenvalue weighted by molar-refractivity contribution is 6.06. The number of likely N-dealkylation sites (N-methyl/N-ethyl adjacent to an activating group) is 1. The van der Waals surface area contributed by atoms with Crippen molar-refractivity contribution >= 4 is 23.8 Å². The van der Waals surface area contributed by atoms with Gasteiger partial charge in [0.15, 0.2) is 0 Å². The molecule has 0 saturated carbocycles. The van der Waals surface area contributed by atoms with E-state index in [0.29, 0.717) is 0 Å². The summed E-state index contributed by atoms with van der Waals surface area (Å²) in [5, 5.41) is 11.0. The number of carbonyl (C=O) groups is 4. The maximum Gasteiger partial charge on any atom is 0.325 e. The van der Waals surface area contributed by atoms with Crippen molar-refractivity contribution in [3.05, 3.63) is 0 Å². The molecule has 2 N–H and O–H groups in total. The Balaban J connectivity index is 2.54. The van der Waals surface area contributed by atoms with E-state index in [4.69, 9.17) is 5.11 Å². The lowest BCUT2D eigenvalue weighted by atomic mass is 10.1. The number of nitrogens with one attached hydrogen (secondary N) is 1. The summed E-state index contributed by atoms with van der Waals surface area (Å²) in [6, 6.07) is -0.538. The van der Waals surface area contributed by atoms with Crippen LogP contribution < -0.4 is 5.32 Å². The van der Waals surface area contributed by atoms with Gasteiger partial charge in [0.2, 0.25) is 5.91 Å². The van der Waals surface area contributed by atoms with Gasteiger partial charge in [0.25, 0.3) is 5.91 Å². The highest BCUT2D eigenvalue weighted by atomic mass is 16.4. The molecule has 0 atom stereocenters. The Morgan fingerprint density at radius 2 is 1.95 bits per heavy atom. The Hall–Kier alpha value is -2.12. The summed E-state index contributed by atoms with van der Waals surface area (Å²) in [5.41, 5.74) is -0.965. The summed E-state index contributed by atoms with van der Waals surface area (Å²) < 4.78 is 0. The van der Waals surface area contributed by atoms with E-state index in [0.717, 1.165) is 9.80 Å². The molecule has 8 heteroatoms. The standard InChI is InChI=1S/C11H17N3O5/c1-11(2)9(18)14(10(19)12-11)5-4-7(15)13(3)6-8(16)17/h4-6H2,1-3H3,(H,12,19)(H,16,17). The average molecular weight is 271 g/mol. The molecule has 1 aliphatic rings. The number of hydrogen-bond acceptors (Lipinski definition) is 4. The summed E-state index contributed by atoms with van der Waals surface area (Å²) in [6.45, 7) is 2.68. The summed E-state index contributed by atoms with van der Waals surface area (Å²) in [7, 11) is 1.35. The van der Waals surface area contributed by atoms with Crippen molar-refractivity contribution in [2.75, 3.05) is 20.1 Å². The molecule has 0 radical (unpaired) electrons. The molecule has 0 aliphatic carbocycles. The van der Waals surface area contributed by atoms with E-state index in [1.54, 1.807) is 13.8 Å². The van der Waals surface area contributed by atoms with E-state index in [1.807, 2.05) is 0 Å². The van der Waals surface area contributed by atoms with Crippen molar-refractivity contribution in [3.63, 3.8) is 0 Å². The topological polar surface area (TPSA) is 107 Å². The second kappa shape index (κ2) is 5.25. The van der Waals surface area contributed by atoms with Crippen LogP contribution in [0.25, 0.3) is 0 Å². The van der Waals surface area contributed by atoms with Gasteiger partial charge in [-0.25, -0.2) is 4.79 Å². The highest BCUT2D eigenvalue weighted by Crippen LogP contribution is 2.16. The van der Waals surface area contributed by atoms with Gasteiger partial charge in [-0.2, -0.15) is 0 Å². The van der Waals surface area contributed by atoms with Gasteiger partial charge in [0, 0.05) is 20.0 Å². The number of carbonyl (C=O) groups excluding carboxylic acids is 3. The fraction of sp³-hybridized carbons (Fsp3) is 0.636. The van der Waals surface area contributed by atoms with E-state index < -0.39 is 35.9 Å². The van der Waals surface area contributed by atoms with E-state index >= 15 is 0 Å². The zero-order chi connectivity index (χ0) is 14.8. The minimum absolute atomic E-state index is 0.0586. The SMILES string of the molecule is CN(CC(=O)O)C(=O)CCN1C(=O)NC(C)(C)C1=O. The second-order valence-corrected chi connectivity index (χ2v) is 4.91. The number of amides is 4. The van der Waals surface area contributed by atoms with Crippen LogP contribution in [0.4, 0.5) is 4.79 Å². The Labute approximate surface area is 110 Å². The molecule has 0 spiro atoms. The zero-order valence-electron chi connectivity index (χ0n) is 11.1. The molecule has 1 saturated heterocycles. The number of nitrogens with zero attached hydrogens (tertiary/aromatic N) is 2. The summed E-state index contributed by atoms with van der Waals surface area (Å²) >= 11 is 0. The van der Waals surface area contributed by atoms with Gasteiger partial charge in [-0.05, 0) is 13.8 Å². The first-order chi connectivity index (χ1) is 8.65. The normalized spacial score (nSPS) is 17.3. The Morgan fingerprint density at radius 3 is 2.37 bits per heavy atom. The number of carboxylic acid groups (broad SMARTS) is 1. The molecule has 1 heterocycles. The number of carboxylic acids is 1. The van der Waals surface area contributed by atoms with Crippen LogP contribution in [-0.2, 0) is 14.4 Å². The van der Waals surface area contributed by atoms with Gasteiger partial charge >= 0.3 is 12.0 Å². The zero-order valence-corrected chi connectivity index (χ0v) is 11.1. The monoisotopic (exact) mass is 271 g/mol. The van der Waals surface area contributed by atoms with E-state index in [-0.39, 0.29) is 13.0 Å². The Morgan fingerprint density at radius 1 is 1.37 bits per heavy atom. The number of aliphatic carboxylic acids is 1. The van der Waals surface area contributed by atoms with E-state index in [9.17, 15) is 19.2 Å². The summed E-state index contributed by atoms with van der Waals surface area (Å²) in [4.78, 5) is 47.4. The van der Waals surface area contributed by atoms with Gasteiger partial charge < -0.3 is 15.3 Å². The van der Waals surface area contributed by atoms with Crippen LogP contribution in [0.15, 0.2) is 0 Å². The third-order valence-electron chi connectivity index (χ3n) is 2.79. The largest absolute Gasteiger partial charge is 0.480 e. The number of hydrogen-bond donors (Lipinski definition) is 2. The highest BCUT2D eigenvalue weighted by Gasteiger charge is 2.44. The fourth-order valence-electron chi connectivity index (χ4n) is 1.71. The molecule has 1 aliphatic heterocycles. The van der Waals surface area contributed by atoms with Crippen LogP contribution in [0, 0.1) is 0 Å². The number of imide groups is 1. The molecule has 0 bridgehead atoms. The van der Waals surface area contributed by atoms with Crippen molar-refractivity contribution in [1.82, 2.24) is 15.1 Å². The van der Waals surface area contributed by atoms with Crippen molar-refractivity contribution in [1.29, 1.82) is 0 Å². The van der Waals surface area contributed by atoms with E-state index in [2.05, 4.69) is 5.32 Å². The predicted octanol–water partition coefficient (Wildman–Crippen LogP) is -0.750. The van der Waals surface area contributed by atoms with Crippen LogP contribution in [0.3, 0.4) is 0 Å². The molecule has 1 rings (SSSR count). The van der Waals surface area contributed by atoms with Gasteiger partial charge in [-0.1, -0.05) is 0 Å². The first kappa shape index (κ1) is 14.9. The van der Waals surface area contributed by atoms with Crippen LogP contribution in [0.2, 0.25) is 0 Å². The molecular weight excluding hydrogens is 254 g/mol.